The van der Waals surface area contributed by atoms with Crippen molar-refractivity contribution in [2.45, 2.75) is 81.1 Å². The second-order valence-corrected chi connectivity index (χ2v) is 32.8. The Morgan fingerprint density at radius 3 is 1.61 bits per heavy atom. The van der Waals surface area contributed by atoms with E-state index in [-0.39, 0.29) is 46.3 Å². The average Bonchev–Trinajstić information content (AvgIpc) is 1.65. The summed E-state index contributed by atoms with van der Waals surface area (Å²) in [5.74, 6) is 7.11. The number of likely N-dealkylation sites (N-methyl/N-ethyl adjacent to an activating group) is 1. The zero-order valence-electron chi connectivity index (χ0n) is 67.4. The molecule has 0 aliphatic carbocycles. The summed E-state index contributed by atoms with van der Waals surface area (Å²) in [7, 11) is 7.35. The molecule has 117 heavy (non-hydrogen) atoms. The second-order valence-electron chi connectivity index (χ2n) is 28.8. The molecule has 24 nitrogen and oxygen atoms in total. The fourth-order valence-corrected chi connectivity index (χ4v) is 17.6. The van der Waals surface area contributed by atoms with Crippen molar-refractivity contribution in [1.82, 2.24) is 50.3 Å². The van der Waals surface area contributed by atoms with Crippen molar-refractivity contribution in [3.8, 4) is 57.5 Å². The largest absolute Gasteiger partial charge is 0.508 e. The van der Waals surface area contributed by atoms with Crippen LogP contribution in [0.5, 0.6) is 57.5 Å². The third-order valence-corrected chi connectivity index (χ3v) is 24.2. The number of benzene rings is 7. The van der Waals surface area contributed by atoms with Crippen LogP contribution in [0.3, 0.4) is 0 Å². The number of aromatic amines is 2. The number of imidazole rings is 2. The number of aryl methyl sites for hydroxylation is 3. The minimum Gasteiger partial charge on any atom is -0.508 e. The zero-order valence-corrected chi connectivity index (χ0v) is 69.9. The number of phenolic OH excluding ortho intramolecular Hbond substituents is 3. The summed E-state index contributed by atoms with van der Waals surface area (Å²) in [5, 5.41) is 41.3. The number of piperazine rings is 1. The van der Waals surface area contributed by atoms with Crippen molar-refractivity contribution < 1.29 is 65.7 Å². The number of hydrogen-bond acceptors (Lipinski definition) is 23. The number of halogens is 2. The van der Waals surface area contributed by atoms with E-state index in [1.807, 2.05) is 70.2 Å². The fourth-order valence-electron chi connectivity index (χ4n) is 14.5. The summed E-state index contributed by atoms with van der Waals surface area (Å²) in [5.41, 5.74) is 13.7. The topological polar surface area (TPSA) is 298 Å². The quantitative estimate of drug-likeness (QED) is 0.0373. The third-order valence-electron chi connectivity index (χ3n) is 20.9. The van der Waals surface area contributed by atoms with Gasteiger partial charge in [0.2, 0.25) is 0 Å². The monoisotopic (exact) mass is 1650 g/mol. The molecule has 616 valence electrons. The Kier molecular flexibility index (Phi) is 29.2. The molecule has 12 aromatic rings. The molecule has 16 rings (SSSR count). The van der Waals surface area contributed by atoms with Gasteiger partial charge < -0.3 is 84.2 Å². The first-order valence-electron chi connectivity index (χ1n) is 38.5. The van der Waals surface area contributed by atoms with E-state index >= 15 is 0 Å². The highest BCUT2D eigenvalue weighted by Gasteiger charge is 2.31. The normalized spacial score (nSPS) is 16.8. The van der Waals surface area contributed by atoms with Crippen LogP contribution in [0.25, 0.3) is 22.1 Å². The SMILES string of the molecule is COc1c(C)cnc(CS(=O)c2nc3ccc(O)cc3[nH]2)c1C.COc1cc(OC[C@@H]2CNCC[C@H]2c2ccc(F)cc2)ccc1O.COc1ccc(OC[C@@H]2CNCC[C@H]2c2ccc(F)cc2)cc1O.COc1ccc2nc([S@@](=O)Cc3ncc(C)c(OC)c3C)[nH]c2c1.Cc1cc2c(s1)Nc1ccccc1N=C2N1CCN(C)CC1. The van der Waals surface area contributed by atoms with Crippen molar-refractivity contribution in [1.29, 1.82) is 0 Å². The molecule has 3 saturated heterocycles. The lowest BCUT2D eigenvalue weighted by Crippen LogP contribution is -2.47. The summed E-state index contributed by atoms with van der Waals surface area (Å²) in [6, 6.07) is 44.3. The smallest absolute Gasteiger partial charge is 0.197 e. The molecule has 0 radical (unpaired) electrons. The van der Waals surface area contributed by atoms with E-state index in [2.05, 4.69) is 100.0 Å². The number of aliphatic imine (C=N–C) groups is 1. The van der Waals surface area contributed by atoms with E-state index in [0.717, 1.165) is 150 Å². The molecule has 4 aliphatic rings. The highest BCUT2D eigenvalue weighted by Crippen LogP contribution is 2.41. The van der Waals surface area contributed by atoms with Crippen molar-refractivity contribution in [2.75, 3.05) is 113 Å². The van der Waals surface area contributed by atoms with Crippen molar-refractivity contribution in [3.05, 3.63) is 231 Å². The number of H-pyrrole nitrogens is 2. The number of piperidine rings is 2. The van der Waals surface area contributed by atoms with Gasteiger partial charge in [-0.3, -0.25) is 18.4 Å². The molecule has 7 aromatic carbocycles. The summed E-state index contributed by atoms with van der Waals surface area (Å²) < 4.78 is 89.5. The number of hydrogen-bond donors (Lipinski definition) is 8. The van der Waals surface area contributed by atoms with E-state index in [4.69, 9.17) is 38.2 Å². The van der Waals surface area contributed by atoms with E-state index < -0.39 is 21.6 Å². The van der Waals surface area contributed by atoms with Crippen molar-refractivity contribution >= 4 is 77.2 Å². The molecule has 0 amide bonds. The van der Waals surface area contributed by atoms with Crippen LogP contribution in [0.1, 0.15) is 79.9 Å². The lowest BCUT2D eigenvalue weighted by molar-refractivity contribution is 0.196. The van der Waals surface area contributed by atoms with Crippen LogP contribution in [0.4, 0.5) is 25.2 Å². The van der Waals surface area contributed by atoms with Crippen LogP contribution in [-0.4, -0.2) is 177 Å². The van der Waals surface area contributed by atoms with Crippen LogP contribution < -0.4 is 49.1 Å². The number of nitrogens with one attached hydrogen (secondary N) is 5. The number of thiophene rings is 1. The number of aromatic hydroxyl groups is 3. The molecule has 5 aromatic heterocycles. The van der Waals surface area contributed by atoms with Crippen molar-refractivity contribution in [2.24, 2.45) is 16.8 Å². The first kappa shape index (κ1) is 85.2. The van der Waals surface area contributed by atoms with Crippen LogP contribution in [0.2, 0.25) is 0 Å². The standard InChI is InChI=1S/2C19H22FNO3.C17H20N4S.C17H19N3O3S.C16H17N3O3S/c1-23-19-7-6-16(10-18(19)22)24-12-14-11-21-9-8-17(14)13-2-4-15(20)5-3-13;1-23-19-10-16(6-7-18(19)22)24-12-14-11-21-9-8-17(14)13-2-4-15(20)5-3-13;1-12-11-13-16(21-9-7-20(2)8-10-21)18-14-5-3-4-6-15(14)19-17(13)22-12;1-10-8-18-15(11(2)16(10)23-4)9-24(21)17-19-13-6-5-12(22-3)7-14(13)20-17;1-9-7-17-14(10(2)15(9)22-3)8-23(21)16-18-12-5-4-11(20)6-13(12)19-16/h2*2-7,10,14,17,21-22H,8-9,11-12H2,1H3;3-6,11,19H,7-10H2,1-2H3;5-8H,9H2,1-4H3,(H,19,20);4-7,20H,8H2,1-3H3,(H,18,19)/t2*14-,17-;;24-;/m00.0./s1. The first-order valence-corrected chi connectivity index (χ1v) is 41.9. The lowest BCUT2D eigenvalue weighted by Gasteiger charge is -2.34. The van der Waals surface area contributed by atoms with Gasteiger partial charge in [-0.1, -0.05) is 36.4 Å². The third kappa shape index (κ3) is 21.7. The maximum absolute atomic E-state index is 13.2. The number of phenols is 3. The number of rotatable bonds is 19. The van der Waals surface area contributed by atoms with Gasteiger partial charge in [0.1, 0.15) is 57.0 Å². The second kappa shape index (κ2) is 40.1. The molecule has 8 N–H and O–H groups in total. The Balaban J connectivity index is 0.000000135. The Morgan fingerprint density at radius 1 is 0.547 bits per heavy atom. The molecule has 0 saturated carbocycles. The molecule has 29 heteroatoms. The Labute approximate surface area is 689 Å². The van der Waals surface area contributed by atoms with Gasteiger partial charge in [-0.25, -0.2) is 23.7 Å². The van der Waals surface area contributed by atoms with E-state index in [1.54, 1.807) is 99.7 Å². The molecule has 6 atom stereocenters. The van der Waals surface area contributed by atoms with Gasteiger partial charge in [-0.05, 0) is 182 Å². The first-order chi connectivity index (χ1) is 56.6. The minimum absolute atomic E-state index is 0.0619. The number of nitrogens with zero attached hydrogens (tertiary/aromatic N) is 7. The molecule has 9 heterocycles. The number of amidine groups is 1. The van der Waals surface area contributed by atoms with Gasteiger partial charge in [0.15, 0.2) is 33.3 Å². The maximum Gasteiger partial charge on any atom is 0.197 e. The predicted octanol–water partition coefficient (Wildman–Crippen LogP) is 15.6. The lowest BCUT2D eigenvalue weighted by atomic mass is 9.81. The highest BCUT2D eigenvalue weighted by atomic mass is 32.2. The fraction of sp³-hybridized carbons (Fsp3) is 0.330. The summed E-state index contributed by atoms with van der Waals surface area (Å²) >= 11 is 1.81. The summed E-state index contributed by atoms with van der Waals surface area (Å²) in [4.78, 5) is 34.7. The van der Waals surface area contributed by atoms with E-state index in [1.165, 1.54) is 53.9 Å². The Morgan fingerprint density at radius 2 is 1.07 bits per heavy atom. The average molecular weight is 1650 g/mol. The number of anilines is 2. The summed E-state index contributed by atoms with van der Waals surface area (Å²) in [6.07, 6.45) is 5.45. The molecule has 1 unspecified atom stereocenters. The number of pyridine rings is 2. The number of methoxy groups -OCH3 is 5. The van der Waals surface area contributed by atoms with Gasteiger partial charge >= 0.3 is 0 Å². The number of aromatic nitrogens is 6. The maximum atomic E-state index is 13.2. The Bertz CT molecular complexity index is 5450. The molecule has 0 bridgehead atoms. The van der Waals surface area contributed by atoms with Crippen LogP contribution in [0, 0.1) is 58.1 Å². The molecule has 4 aliphatic heterocycles. The van der Waals surface area contributed by atoms with Gasteiger partial charge in [0.25, 0.3) is 0 Å². The highest BCUT2D eigenvalue weighted by molar-refractivity contribution is 7.84. The number of fused-ring (bicyclic) bond motifs is 4. The van der Waals surface area contributed by atoms with Gasteiger partial charge in [-0.2, -0.15) is 0 Å². The van der Waals surface area contributed by atoms with Crippen molar-refractivity contribution in [3.63, 3.8) is 0 Å². The van der Waals surface area contributed by atoms with Gasteiger partial charge in [-0.15, -0.1) is 11.3 Å². The van der Waals surface area contributed by atoms with Crippen LogP contribution in [0.15, 0.2) is 179 Å². The molecule has 3 fully saturated rings. The molecular weight excluding hydrogens is 1550 g/mol. The van der Waals surface area contributed by atoms with Crippen LogP contribution >= 0.6 is 11.3 Å². The van der Waals surface area contributed by atoms with Gasteiger partial charge in [0.05, 0.1) is 132 Å². The molecule has 0 spiro atoms. The predicted molar refractivity (Wildman–Crippen MR) is 456 cm³/mol. The zero-order chi connectivity index (χ0) is 82.8. The Hall–Kier alpha value is -11.2. The van der Waals surface area contributed by atoms with Gasteiger partial charge in [0, 0.05) is 115 Å². The summed E-state index contributed by atoms with van der Waals surface area (Å²) in [6.45, 7) is 18.8. The van der Waals surface area contributed by atoms with E-state index in [0.29, 0.717) is 81.0 Å². The number of ether oxygens (including phenoxy) is 7. The minimum atomic E-state index is -1.37. The molecular formula is C88H100F2N12O12S3. The van der Waals surface area contributed by atoms with E-state index in [9.17, 15) is 32.5 Å². The van der Waals surface area contributed by atoms with Crippen LogP contribution in [-0.2, 0) is 33.1 Å². The number of para-hydroxylation sites is 2.